The summed E-state index contributed by atoms with van der Waals surface area (Å²) in [5, 5.41) is 2.88. The van der Waals surface area contributed by atoms with Crippen molar-refractivity contribution in [3.8, 4) is 22.1 Å². The molecule has 2 aromatic carbocycles. The Labute approximate surface area is 167 Å². The third kappa shape index (κ3) is 4.31. The maximum atomic E-state index is 13.5. The molecule has 0 bridgehead atoms. The molecule has 4 nitrogen and oxygen atoms in total. The van der Waals surface area contributed by atoms with Gasteiger partial charge in [0.25, 0.3) is 0 Å². The van der Waals surface area contributed by atoms with Crippen LogP contribution in [0.4, 0.5) is 8.78 Å². The van der Waals surface area contributed by atoms with Crippen molar-refractivity contribution in [2.24, 2.45) is 0 Å². The van der Waals surface area contributed by atoms with E-state index in [1.165, 1.54) is 6.07 Å². The molecule has 7 heteroatoms. The van der Waals surface area contributed by atoms with Crippen LogP contribution in [0.5, 0.6) is 11.5 Å². The van der Waals surface area contributed by atoms with Crippen LogP contribution in [0.2, 0.25) is 0 Å². The minimum Gasteiger partial charge on any atom is -0.493 e. The van der Waals surface area contributed by atoms with Crippen molar-refractivity contribution < 1.29 is 18.3 Å². The molecule has 0 N–H and O–H groups in total. The minimum absolute atomic E-state index is 0.0821. The van der Waals surface area contributed by atoms with Gasteiger partial charge in [0, 0.05) is 23.5 Å². The number of thiazole rings is 1. The van der Waals surface area contributed by atoms with E-state index in [1.54, 1.807) is 31.6 Å². The quantitative estimate of drug-likeness (QED) is 0.535. The smallest absolute Gasteiger partial charge is 0.161 e. The van der Waals surface area contributed by atoms with E-state index in [-0.39, 0.29) is 6.04 Å². The number of methoxy groups -OCH3 is 2. The van der Waals surface area contributed by atoms with Gasteiger partial charge in [-0.3, -0.25) is 4.90 Å². The summed E-state index contributed by atoms with van der Waals surface area (Å²) in [7, 11) is 5.13. The zero-order valence-electron chi connectivity index (χ0n) is 16.2. The van der Waals surface area contributed by atoms with Crippen LogP contribution < -0.4 is 9.47 Å². The Morgan fingerprint density at radius 2 is 1.79 bits per heavy atom. The summed E-state index contributed by atoms with van der Waals surface area (Å²) < 4.78 is 37.3. The highest BCUT2D eigenvalue weighted by Crippen LogP contribution is 2.34. The summed E-state index contributed by atoms with van der Waals surface area (Å²) in [6, 6.07) is 9.62. The van der Waals surface area contributed by atoms with Gasteiger partial charge < -0.3 is 9.47 Å². The average Bonchev–Trinajstić information content (AvgIpc) is 3.17. The number of ether oxygens (including phenoxy) is 2. The lowest BCUT2D eigenvalue weighted by Gasteiger charge is -2.24. The zero-order chi connectivity index (χ0) is 20.3. The van der Waals surface area contributed by atoms with Crippen molar-refractivity contribution in [1.29, 1.82) is 0 Å². The van der Waals surface area contributed by atoms with Gasteiger partial charge in [-0.15, -0.1) is 11.3 Å². The molecule has 1 atom stereocenters. The van der Waals surface area contributed by atoms with Crippen LogP contribution >= 0.6 is 11.3 Å². The Balaban J connectivity index is 1.74. The molecule has 3 aromatic rings. The van der Waals surface area contributed by atoms with Gasteiger partial charge in [0.1, 0.15) is 5.01 Å². The molecule has 3 rings (SSSR count). The number of halogens is 2. The molecule has 1 unspecified atom stereocenters. The summed E-state index contributed by atoms with van der Waals surface area (Å²) in [6.45, 7) is 2.54. The van der Waals surface area contributed by atoms with Gasteiger partial charge in [0.05, 0.1) is 19.9 Å². The Hall–Kier alpha value is -2.51. The largest absolute Gasteiger partial charge is 0.493 e. The highest BCUT2D eigenvalue weighted by molar-refractivity contribution is 7.13. The molecule has 1 aromatic heterocycles. The van der Waals surface area contributed by atoms with Crippen molar-refractivity contribution in [2.75, 3.05) is 21.3 Å². The highest BCUT2D eigenvalue weighted by Gasteiger charge is 2.16. The highest BCUT2D eigenvalue weighted by atomic mass is 32.1. The SMILES string of the molecule is COc1ccc(-c2nc(CN(C)C(C)c3ccc(F)c(F)c3)cs2)cc1OC. The standard InChI is InChI=1S/C21H22F2N2O2S/c1-13(14-5-7-17(22)18(23)9-14)25(2)11-16-12-28-21(24-16)15-6-8-19(26-3)20(10-15)27-4/h5-10,12-13H,11H2,1-4H3. The number of rotatable bonds is 7. The fourth-order valence-electron chi connectivity index (χ4n) is 2.90. The number of benzene rings is 2. The van der Waals surface area contributed by atoms with Gasteiger partial charge in [0.15, 0.2) is 23.1 Å². The van der Waals surface area contributed by atoms with Crippen LogP contribution in [0.25, 0.3) is 10.6 Å². The molecular weight excluding hydrogens is 382 g/mol. The second-order valence-corrected chi connectivity index (χ2v) is 7.34. The van der Waals surface area contributed by atoms with Gasteiger partial charge in [-0.1, -0.05) is 6.07 Å². The molecule has 0 aliphatic carbocycles. The van der Waals surface area contributed by atoms with Crippen LogP contribution in [0.3, 0.4) is 0 Å². The lowest BCUT2D eigenvalue weighted by atomic mass is 10.1. The maximum Gasteiger partial charge on any atom is 0.161 e. The minimum atomic E-state index is -0.835. The summed E-state index contributed by atoms with van der Waals surface area (Å²) >= 11 is 1.55. The van der Waals surface area contributed by atoms with E-state index in [1.807, 2.05) is 42.5 Å². The molecular formula is C21H22F2N2O2S. The van der Waals surface area contributed by atoms with Gasteiger partial charge in [-0.05, 0) is 49.9 Å². The van der Waals surface area contributed by atoms with E-state index in [0.717, 1.165) is 27.9 Å². The van der Waals surface area contributed by atoms with Crippen molar-refractivity contribution >= 4 is 11.3 Å². The number of aromatic nitrogens is 1. The van der Waals surface area contributed by atoms with Crippen LogP contribution in [0.1, 0.15) is 24.2 Å². The first-order valence-electron chi connectivity index (χ1n) is 8.75. The van der Waals surface area contributed by atoms with E-state index >= 15 is 0 Å². The Morgan fingerprint density at radius 1 is 1.04 bits per heavy atom. The summed E-state index contributed by atoms with van der Waals surface area (Å²) in [5.41, 5.74) is 2.58. The van der Waals surface area contributed by atoms with E-state index < -0.39 is 11.6 Å². The fraction of sp³-hybridized carbons (Fsp3) is 0.286. The van der Waals surface area contributed by atoms with Gasteiger partial charge >= 0.3 is 0 Å². The van der Waals surface area contributed by atoms with E-state index in [4.69, 9.17) is 14.5 Å². The van der Waals surface area contributed by atoms with E-state index in [9.17, 15) is 8.78 Å². The van der Waals surface area contributed by atoms with Crippen molar-refractivity contribution in [1.82, 2.24) is 9.88 Å². The van der Waals surface area contributed by atoms with E-state index in [2.05, 4.69) is 0 Å². The number of hydrogen-bond donors (Lipinski definition) is 0. The van der Waals surface area contributed by atoms with E-state index in [0.29, 0.717) is 18.0 Å². The lowest BCUT2D eigenvalue weighted by Crippen LogP contribution is -2.22. The normalized spacial score (nSPS) is 12.2. The summed E-state index contributed by atoms with van der Waals surface area (Å²) in [4.78, 5) is 6.75. The molecule has 1 heterocycles. The van der Waals surface area contributed by atoms with Crippen LogP contribution in [-0.4, -0.2) is 31.2 Å². The van der Waals surface area contributed by atoms with Crippen molar-refractivity contribution in [3.63, 3.8) is 0 Å². The molecule has 0 aliphatic rings. The topological polar surface area (TPSA) is 34.6 Å². The molecule has 0 spiro atoms. The Kier molecular flexibility index (Phi) is 6.26. The first-order chi connectivity index (χ1) is 13.4. The Morgan fingerprint density at radius 3 is 2.46 bits per heavy atom. The molecule has 0 saturated heterocycles. The lowest BCUT2D eigenvalue weighted by molar-refractivity contribution is 0.250. The molecule has 0 saturated carbocycles. The van der Waals surface area contributed by atoms with Crippen LogP contribution in [0.15, 0.2) is 41.8 Å². The van der Waals surface area contributed by atoms with Gasteiger partial charge in [0.2, 0.25) is 0 Å². The van der Waals surface area contributed by atoms with Crippen molar-refractivity contribution in [3.05, 3.63) is 64.7 Å². The Bertz CT molecular complexity index is 961. The predicted octanol–water partition coefficient (Wildman–Crippen LogP) is 5.30. The number of hydrogen-bond acceptors (Lipinski definition) is 5. The molecule has 0 fully saturated rings. The molecule has 0 aliphatic heterocycles. The van der Waals surface area contributed by atoms with Gasteiger partial charge in [-0.2, -0.15) is 0 Å². The monoisotopic (exact) mass is 404 g/mol. The zero-order valence-corrected chi connectivity index (χ0v) is 17.0. The first-order valence-corrected chi connectivity index (χ1v) is 9.63. The predicted molar refractivity (Wildman–Crippen MR) is 107 cm³/mol. The summed E-state index contributed by atoms with van der Waals surface area (Å²) in [5.74, 6) is -0.344. The third-order valence-corrected chi connectivity index (χ3v) is 5.62. The maximum absolute atomic E-state index is 13.5. The van der Waals surface area contributed by atoms with Crippen molar-refractivity contribution in [2.45, 2.75) is 19.5 Å². The number of nitrogens with zero attached hydrogens (tertiary/aromatic N) is 2. The van der Waals surface area contributed by atoms with Crippen LogP contribution in [-0.2, 0) is 6.54 Å². The second kappa shape index (κ2) is 8.67. The second-order valence-electron chi connectivity index (χ2n) is 6.48. The van der Waals surface area contributed by atoms with Gasteiger partial charge in [-0.25, -0.2) is 13.8 Å². The third-order valence-electron chi connectivity index (χ3n) is 4.68. The molecule has 0 radical (unpaired) electrons. The van der Waals surface area contributed by atoms with Crippen LogP contribution in [0, 0.1) is 11.6 Å². The average molecular weight is 404 g/mol. The molecule has 148 valence electrons. The fourth-order valence-corrected chi connectivity index (χ4v) is 3.71. The summed E-state index contributed by atoms with van der Waals surface area (Å²) in [6.07, 6.45) is 0. The first kappa shape index (κ1) is 20.2. The molecule has 0 amide bonds. The molecule has 28 heavy (non-hydrogen) atoms.